The SMILES string of the molecule is C=C1NC(c2c(F)cccc2F)=C(c2ccccc2)CC1Br. The standard InChI is InChI=1S/C18H14BrF2N/c1-11-14(19)10-13(12-6-3-2-4-7-12)18(22-11)17-15(20)8-5-9-16(17)21/h2-9,14,22H,1,10H2. The van der Waals surface area contributed by atoms with Crippen molar-refractivity contribution in [3.8, 4) is 0 Å². The molecule has 2 aromatic rings. The van der Waals surface area contributed by atoms with Crippen molar-refractivity contribution in [2.75, 3.05) is 0 Å². The number of benzene rings is 2. The van der Waals surface area contributed by atoms with E-state index in [-0.39, 0.29) is 10.4 Å². The number of alkyl halides is 1. The minimum absolute atomic E-state index is 0.0151. The molecule has 0 radical (unpaired) electrons. The summed E-state index contributed by atoms with van der Waals surface area (Å²) >= 11 is 3.54. The summed E-state index contributed by atoms with van der Waals surface area (Å²) in [7, 11) is 0. The number of allylic oxidation sites excluding steroid dienone is 2. The summed E-state index contributed by atoms with van der Waals surface area (Å²) in [6, 6.07) is 13.5. The van der Waals surface area contributed by atoms with E-state index < -0.39 is 11.6 Å². The first-order chi connectivity index (χ1) is 10.6. The van der Waals surface area contributed by atoms with E-state index in [1.54, 1.807) is 0 Å². The predicted molar refractivity (Wildman–Crippen MR) is 89.2 cm³/mol. The van der Waals surface area contributed by atoms with E-state index in [9.17, 15) is 8.78 Å². The zero-order valence-electron chi connectivity index (χ0n) is 11.7. The second-order valence-corrected chi connectivity index (χ2v) is 6.24. The minimum atomic E-state index is -0.586. The van der Waals surface area contributed by atoms with Crippen LogP contribution in [0.5, 0.6) is 0 Å². The van der Waals surface area contributed by atoms with Crippen molar-refractivity contribution < 1.29 is 8.78 Å². The lowest BCUT2D eigenvalue weighted by Gasteiger charge is -2.28. The van der Waals surface area contributed by atoms with Crippen molar-refractivity contribution in [2.24, 2.45) is 0 Å². The van der Waals surface area contributed by atoms with Crippen LogP contribution in [0.3, 0.4) is 0 Å². The van der Waals surface area contributed by atoms with Crippen LogP contribution in [0.15, 0.2) is 60.8 Å². The first-order valence-corrected chi connectivity index (χ1v) is 7.82. The van der Waals surface area contributed by atoms with Crippen LogP contribution in [-0.4, -0.2) is 4.83 Å². The molecule has 1 heterocycles. The third-order valence-electron chi connectivity index (χ3n) is 3.68. The fourth-order valence-corrected chi connectivity index (χ4v) is 3.01. The second kappa shape index (κ2) is 6.05. The van der Waals surface area contributed by atoms with Crippen LogP contribution in [-0.2, 0) is 0 Å². The Morgan fingerprint density at radius 1 is 1.00 bits per heavy atom. The Morgan fingerprint density at radius 3 is 2.27 bits per heavy atom. The molecule has 3 rings (SSSR count). The summed E-state index contributed by atoms with van der Waals surface area (Å²) in [6.07, 6.45) is 0.610. The van der Waals surface area contributed by atoms with Crippen LogP contribution in [0.4, 0.5) is 8.78 Å². The third kappa shape index (κ3) is 2.71. The molecule has 0 fully saturated rings. The number of hydrogen-bond donors (Lipinski definition) is 1. The minimum Gasteiger partial charge on any atom is -0.358 e. The van der Waals surface area contributed by atoms with Gasteiger partial charge in [-0.3, -0.25) is 0 Å². The van der Waals surface area contributed by atoms with E-state index in [4.69, 9.17) is 0 Å². The van der Waals surface area contributed by atoms with Gasteiger partial charge in [-0.15, -0.1) is 0 Å². The van der Waals surface area contributed by atoms with Crippen molar-refractivity contribution in [2.45, 2.75) is 11.2 Å². The van der Waals surface area contributed by atoms with Crippen molar-refractivity contribution in [1.29, 1.82) is 0 Å². The molecule has 0 aromatic heterocycles. The van der Waals surface area contributed by atoms with E-state index >= 15 is 0 Å². The monoisotopic (exact) mass is 361 g/mol. The first-order valence-electron chi connectivity index (χ1n) is 6.90. The molecule has 1 unspecified atom stereocenters. The van der Waals surface area contributed by atoms with E-state index in [1.807, 2.05) is 30.3 Å². The fraction of sp³-hybridized carbons (Fsp3) is 0.111. The summed E-state index contributed by atoms with van der Waals surface area (Å²) in [6.45, 7) is 3.92. The zero-order valence-corrected chi connectivity index (χ0v) is 13.3. The molecular weight excluding hydrogens is 348 g/mol. The molecule has 1 atom stereocenters. The van der Waals surface area contributed by atoms with Crippen LogP contribution >= 0.6 is 15.9 Å². The molecular formula is C18H14BrF2N. The molecule has 112 valence electrons. The molecule has 0 saturated heterocycles. The molecule has 0 aliphatic carbocycles. The quantitative estimate of drug-likeness (QED) is 0.733. The average Bonchev–Trinajstić information content (AvgIpc) is 2.51. The van der Waals surface area contributed by atoms with Gasteiger partial charge in [0.05, 0.1) is 16.1 Å². The summed E-state index contributed by atoms with van der Waals surface area (Å²) in [5.74, 6) is -1.17. The van der Waals surface area contributed by atoms with Crippen molar-refractivity contribution in [3.63, 3.8) is 0 Å². The molecule has 1 N–H and O–H groups in total. The molecule has 0 saturated carbocycles. The van der Waals surface area contributed by atoms with Gasteiger partial charge in [-0.1, -0.05) is 58.9 Å². The third-order valence-corrected chi connectivity index (χ3v) is 4.56. The lowest BCUT2D eigenvalue weighted by Crippen LogP contribution is -2.26. The van der Waals surface area contributed by atoms with Gasteiger partial charge in [-0.2, -0.15) is 0 Å². The highest BCUT2D eigenvalue weighted by Crippen LogP contribution is 2.38. The molecule has 0 amide bonds. The smallest absolute Gasteiger partial charge is 0.135 e. The summed E-state index contributed by atoms with van der Waals surface area (Å²) in [5, 5.41) is 3.07. The molecule has 4 heteroatoms. The molecule has 0 bridgehead atoms. The van der Waals surface area contributed by atoms with Crippen LogP contribution in [0, 0.1) is 11.6 Å². The molecule has 22 heavy (non-hydrogen) atoms. The van der Waals surface area contributed by atoms with Crippen LogP contribution < -0.4 is 5.32 Å². The van der Waals surface area contributed by atoms with Gasteiger partial charge in [0, 0.05) is 5.70 Å². The van der Waals surface area contributed by atoms with E-state index in [0.717, 1.165) is 11.1 Å². The topological polar surface area (TPSA) is 12.0 Å². The molecule has 2 aromatic carbocycles. The van der Waals surface area contributed by atoms with Gasteiger partial charge in [0.25, 0.3) is 0 Å². The lowest BCUT2D eigenvalue weighted by molar-refractivity contribution is 0.574. The van der Waals surface area contributed by atoms with Crippen LogP contribution in [0.25, 0.3) is 11.3 Å². The Hall–Kier alpha value is -1.94. The average molecular weight is 362 g/mol. The van der Waals surface area contributed by atoms with Crippen LogP contribution in [0.2, 0.25) is 0 Å². The van der Waals surface area contributed by atoms with E-state index in [2.05, 4.69) is 27.8 Å². The van der Waals surface area contributed by atoms with Crippen molar-refractivity contribution >= 4 is 27.2 Å². The molecule has 1 nitrogen and oxygen atoms in total. The summed E-state index contributed by atoms with van der Waals surface area (Å²) in [4.78, 5) is 0.0151. The number of hydrogen-bond acceptors (Lipinski definition) is 1. The Morgan fingerprint density at radius 2 is 1.64 bits per heavy atom. The van der Waals surface area contributed by atoms with E-state index in [1.165, 1.54) is 18.2 Å². The molecule has 1 aliphatic rings. The largest absolute Gasteiger partial charge is 0.358 e. The highest BCUT2D eigenvalue weighted by Gasteiger charge is 2.26. The zero-order chi connectivity index (χ0) is 15.7. The Bertz CT molecular complexity index is 733. The Balaban J connectivity index is 2.24. The predicted octanol–water partition coefficient (Wildman–Crippen LogP) is 5.10. The lowest BCUT2D eigenvalue weighted by atomic mass is 9.91. The summed E-state index contributed by atoms with van der Waals surface area (Å²) in [5.41, 5.74) is 2.89. The number of halogens is 3. The van der Waals surface area contributed by atoms with Crippen molar-refractivity contribution in [1.82, 2.24) is 5.32 Å². The molecule has 0 spiro atoms. The Labute approximate surface area is 136 Å². The van der Waals surface area contributed by atoms with Gasteiger partial charge in [0.2, 0.25) is 0 Å². The maximum atomic E-state index is 14.2. The maximum absolute atomic E-state index is 14.2. The number of rotatable bonds is 2. The van der Waals surface area contributed by atoms with Gasteiger partial charge in [-0.25, -0.2) is 8.78 Å². The summed E-state index contributed by atoms with van der Waals surface area (Å²) < 4.78 is 28.4. The fourth-order valence-electron chi connectivity index (χ4n) is 2.57. The normalized spacial score (nSPS) is 18.3. The first kappa shape index (κ1) is 15.0. The van der Waals surface area contributed by atoms with Gasteiger partial charge < -0.3 is 5.32 Å². The highest BCUT2D eigenvalue weighted by molar-refractivity contribution is 9.09. The second-order valence-electron chi connectivity index (χ2n) is 5.14. The van der Waals surface area contributed by atoms with Crippen molar-refractivity contribution in [3.05, 3.63) is 83.6 Å². The van der Waals surface area contributed by atoms with Gasteiger partial charge in [0.15, 0.2) is 0 Å². The number of nitrogens with one attached hydrogen (secondary N) is 1. The van der Waals surface area contributed by atoms with Gasteiger partial charge in [0.1, 0.15) is 11.6 Å². The van der Waals surface area contributed by atoms with Gasteiger partial charge >= 0.3 is 0 Å². The molecule has 1 aliphatic heterocycles. The van der Waals surface area contributed by atoms with Crippen LogP contribution in [0.1, 0.15) is 17.5 Å². The van der Waals surface area contributed by atoms with E-state index in [0.29, 0.717) is 17.8 Å². The Kier molecular flexibility index (Phi) is 4.12. The van der Waals surface area contributed by atoms with Gasteiger partial charge in [-0.05, 0) is 29.7 Å². The maximum Gasteiger partial charge on any atom is 0.135 e. The highest BCUT2D eigenvalue weighted by atomic mass is 79.9.